The molecule has 1 amide bonds. The molecular formula is C20H16N3OS+. The highest BCUT2D eigenvalue weighted by molar-refractivity contribution is 7.13. The van der Waals surface area contributed by atoms with E-state index >= 15 is 0 Å². The number of nitrogens with one attached hydrogen (secondary N) is 2. The Labute approximate surface area is 149 Å². The van der Waals surface area contributed by atoms with Gasteiger partial charge < -0.3 is 5.32 Å². The zero-order valence-electron chi connectivity index (χ0n) is 13.4. The summed E-state index contributed by atoms with van der Waals surface area (Å²) in [6.07, 6.45) is 1.85. The Hall–Kier alpha value is -3.05. The Kier molecular flexibility index (Phi) is 4.23. The van der Waals surface area contributed by atoms with Crippen LogP contribution in [0.2, 0.25) is 0 Å². The number of carbonyl (C=O) groups excluding carboxylic acids is 1. The van der Waals surface area contributed by atoms with Crippen molar-refractivity contribution in [3.05, 3.63) is 83.5 Å². The smallest absolute Gasteiger partial charge is 0.252 e. The first-order valence-corrected chi connectivity index (χ1v) is 8.87. The first-order chi connectivity index (χ1) is 12.3. The maximum atomic E-state index is 12.8. The third kappa shape index (κ3) is 3.27. The van der Waals surface area contributed by atoms with Crippen molar-refractivity contribution in [1.82, 2.24) is 10.3 Å². The molecule has 3 aromatic heterocycles. The van der Waals surface area contributed by atoms with Crippen molar-refractivity contribution >= 4 is 28.1 Å². The Balaban J connectivity index is 1.71. The van der Waals surface area contributed by atoms with E-state index in [0.29, 0.717) is 12.1 Å². The van der Waals surface area contributed by atoms with Gasteiger partial charge in [0.05, 0.1) is 21.7 Å². The second-order valence-corrected chi connectivity index (χ2v) is 6.57. The lowest BCUT2D eigenvalue weighted by atomic mass is 10.1. The number of nitrogens with zero attached hydrogens (tertiary/aromatic N) is 1. The number of carbonyl (C=O) groups is 1. The van der Waals surface area contributed by atoms with Crippen molar-refractivity contribution in [2.24, 2.45) is 0 Å². The van der Waals surface area contributed by atoms with Gasteiger partial charge in [0.15, 0.2) is 11.9 Å². The van der Waals surface area contributed by atoms with Crippen LogP contribution in [0.5, 0.6) is 0 Å². The number of pyridine rings is 2. The molecule has 4 aromatic rings. The molecule has 122 valence electrons. The molecule has 0 saturated carbocycles. The fraction of sp³-hybridized carbons (Fsp3) is 0.0500. The molecule has 0 spiro atoms. The van der Waals surface area contributed by atoms with Crippen LogP contribution in [0.4, 0.5) is 0 Å². The van der Waals surface area contributed by atoms with Gasteiger partial charge in [-0.05, 0) is 23.6 Å². The largest absolute Gasteiger partial charge is 0.342 e. The minimum absolute atomic E-state index is 0.103. The molecule has 0 bridgehead atoms. The average Bonchev–Trinajstić information content (AvgIpc) is 3.21. The quantitative estimate of drug-likeness (QED) is 0.612. The van der Waals surface area contributed by atoms with E-state index in [1.165, 1.54) is 0 Å². The number of amides is 1. The molecule has 0 aliphatic heterocycles. The summed E-state index contributed by atoms with van der Waals surface area (Å²) in [7, 11) is 0. The lowest BCUT2D eigenvalue weighted by Gasteiger charge is -2.09. The van der Waals surface area contributed by atoms with E-state index in [1.54, 1.807) is 11.3 Å². The molecule has 0 aliphatic carbocycles. The summed E-state index contributed by atoms with van der Waals surface area (Å²) in [4.78, 5) is 21.7. The Morgan fingerprint density at radius 2 is 1.96 bits per heavy atom. The molecule has 2 N–H and O–H groups in total. The highest BCUT2D eigenvalue weighted by Crippen LogP contribution is 2.27. The standard InChI is InChI=1S/C20H15N3OS/c24-20(22-13-14-6-3-4-10-21-14)16-12-18(19-9-5-11-25-19)23-17-8-2-1-7-15(16)17/h1-12H,13H2,(H,22,24)/p+1. The predicted octanol–water partition coefficient (Wildman–Crippen LogP) is 3.71. The van der Waals surface area contributed by atoms with Crippen molar-refractivity contribution < 1.29 is 9.78 Å². The Morgan fingerprint density at radius 1 is 1.08 bits per heavy atom. The van der Waals surface area contributed by atoms with Gasteiger partial charge in [-0.1, -0.05) is 30.3 Å². The molecule has 0 aliphatic rings. The molecule has 25 heavy (non-hydrogen) atoms. The molecule has 0 atom stereocenters. The summed E-state index contributed by atoms with van der Waals surface area (Å²) in [5.41, 5.74) is 3.24. The van der Waals surface area contributed by atoms with E-state index < -0.39 is 0 Å². The van der Waals surface area contributed by atoms with Gasteiger partial charge in [-0.2, -0.15) is 0 Å². The number of benzene rings is 1. The first-order valence-electron chi connectivity index (χ1n) is 7.99. The Morgan fingerprint density at radius 3 is 2.76 bits per heavy atom. The zero-order valence-corrected chi connectivity index (χ0v) is 14.2. The van der Waals surface area contributed by atoms with E-state index in [2.05, 4.69) is 10.3 Å². The summed E-state index contributed by atoms with van der Waals surface area (Å²) in [6.45, 7) is 0.449. The average molecular weight is 346 g/mol. The summed E-state index contributed by atoms with van der Waals surface area (Å²) >= 11 is 1.62. The second-order valence-electron chi connectivity index (χ2n) is 5.62. The molecule has 0 fully saturated rings. The topological polar surface area (TPSA) is 56.1 Å². The molecule has 0 unspecified atom stereocenters. The van der Waals surface area contributed by atoms with Gasteiger partial charge in [0.25, 0.3) is 5.91 Å². The van der Waals surface area contributed by atoms with Gasteiger partial charge in [0, 0.05) is 17.5 Å². The van der Waals surface area contributed by atoms with Crippen molar-refractivity contribution in [2.45, 2.75) is 6.54 Å². The van der Waals surface area contributed by atoms with E-state index in [1.807, 2.05) is 72.2 Å². The zero-order chi connectivity index (χ0) is 17.1. The molecule has 1 aromatic carbocycles. The van der Waals surface area contributed by atoms with Crippen LogP contribution in [0, 0.1) is 0 Å². The fourth-order valence-electron chi connectivity index (χ4n) is 2.73. The fourth-order valence-corrected chi connectivity index (χ4v) is 3.41. The second kappa shape index (κ2) is 6.83. The lowest BCUT2D eigenvalue weighted by molar-refractivity contribution is -0.390. The maximum Gasteiger partial charge on any atom is 0.252 e. The van der Waals surface area contributed by atoms with Crippen LogP contribution in [0.3, 0.4) is 0 Å². The monoisotopic (exact) mass is 346 g/mol. The van der Waals surface area contributed by atoms with Crippen molar-refractivity contribution in [3.63, 3.8) is 0 Å². The third-order valence-electron chi connectivity index (χ3n) is 3.95. The van der Waals surface area contributed by atoms with E-state index in [9.17, 15) is 4.79 Å². The van der Waals surface area contributed by atoms with Crippen molar-refractivity contribution in [2.75, 3.05) is 0 Å². The Bertz CT molecular complexity index is 1010. The number of aromatic amines is 1. The van der Waals surface area contributed by atoms with Crippen molar-refractivity contribution in [1.29, 1.82) is 0 Å². The molecule has 5 heteroatoms. The highest BCUT2D eigenvalue weighted by Gasteiger charge is 2.14. The summed E-state index contributed by atoms with van der Waals surface area (Å²) in [6, 6.07) is 19.4. The van der Waals surface area contributed by atoms with Gasteiger partial charge in [-0.15, -0.1) is 11.3 Å². The van der Waals surface area contributed by atoms with Gasteiger partial charge in [0.1, 0.15) is 6.54 Å². The van der Waals surface area contributed by atoms with Crippen LogP contribution in [0.25, 0.3) is 21.5 Å². The molecular weight excluding hydrogens is 330 g/mol. The van der Waals surface area contributed by atoms with E-state index in [4.69, 9.17) is 4.98 Å². The van der Waals surface area contributed by atoms with Gasteiger partial charge >= 0.3 is 0 Å². The number of rotatable bonds is 4. The molecule has 4 nitrogen and oxygen atoms in total. The van der Waals surface area contributed by atoms with Crippen LogP contribution >= 0.6 is 11.3 Å². The summed E-state index contributed by atoms with van der Waals surface area (Å²) < 4.78 is 0. The molecule has 0 radical (unpaired) electrons. The van der Waals surface area contributed by atoms with Gasteiger partial charge in [0.2, 0.25) is 0 Å². The lowest BCUT2D eigenvalue weighted by Crippen LogP contribution is -2.26. The molecule has 4 rings (SSSR count). The number of fused-ring (bicyclic) bond motifs is 1. The van der Waals surface area contributed by atoms with Crippen LogP contribution < -0.4 is 10.3 Å². The number of hydrogen-bond acceptors (Lipinski definition) is 3. The van der Waals surface area contributed by atoms with Crippen LogP contribution in [0.1, 0.15) is 16.1 Å². The highest BCUT2D eigenvalue weighted by atomic mass is 32.1. The van der Waals surface area contributed by atoms with Gasteiger partial charge in [-0.25, -0.2) is 9.97 Å². The van der Waals surface area contributed by atoms with Gasteiger partial charge in [-0.3, -0.25) is 4.79 Å². The minimum atomic E-state index is -0.103. The SMILES string of the molecule is O=C(NCc1cccc[nH+]1)c1cc(-c2cccs2)nc2ccccc12. The first kappa shape index (κ1) is 15.5. The number of aromatic nitrogens is 2. The van der Waals surface area contributed by atoms with Crippen LogP contribution in [-0.4, -0.2) is 10.9 Å². The third-order valence-corrected chi connectivity index (χ3v) is 4.84. The van der Waals surface area contributed by atoms with E-state index in [0.717, 1.165) is 27.2 Å². The number of hydrogen-bond donors (Lipinski definition) is 1. The normalized spacial score (nSPS) is 10.7. The van der Waals surface area contributed by atoms with Crippen LogP contribution in [0.15, 0.2) is 72.2 Å². The predicted molar refractivity (Wildman–Crippen MR) is 99.2 cm³/mol. The summed E-state index contributed by atoms with van der Waals surface area (Å²) in [5.74, 6) is -0.103. The minimum Gasteiger partial charge on any atom is -0.342 e. The summed E-state index contributed by atoms with van der Waals surface area (Å²) in [5, 5.41) is 5.86. The maximum absolute atomic E-state index is 12.8. The molecule has 3 heterocycles. The number of para-hydroxylation sites is 1. The van der Waals surface area contributed by atoms with Crippen LogP contribution in [-0.2, 0) is 6.54 Å². The van der Waals surface area contributed by atoms with Crippen molar-refractivity contribution in [3.8, 4) is 10.6 Å². The number of thiophene rings is 1. The molecule has 0 saturated heterocycles. The number of H-pyrrole nitrogens is 1. The van der Waals surface area contributed by atoms with E-state index in [-0.39, 0.29) is 5.91 Å².